The number of carboxylic acids is 1. The molecule has 0 bridgehead atoms. The molecule has 27 heavy (non-hydrogen) atoms. The van der Waals surface area contributed by atoms with Crippen molar-refractivity contribution in [3.8, 4) is 11.1 Å². The molecule has 1 aliphatic rings. The highest BCUT2D eigenvalue weighted by Crippen LogP contribution is 2.36. The zero-order chi connectivity index (χ0) is 19.6. The van der Waals surface area contributed by atoms with Gasteiger partial charge in [-0.15, -0.1) is 0 Å². The Morgan fingerprint density at radius 1 is 1.11 bits per heavy atom. The van der Waals surface area contributed by atoms with Gasteiger partial charge in [-0.1, -0.05) is 36.4 Å². The number of halogens is 3. The average molecular weight is 378 g/mol. The Kier molecular flexibility index (Phi) is 5.07. The second-order valence-corrected chi connectivity index (χ2v) is 6.24. The number of anilines is 1. The number of hydrogen-bond donors (Lipinski definition) is 2. The quantitative estimate of drug-likeness (QED) is 0.829. The van der Waals surface area contributed by atoms with E-state index >= 15 is 0 Å². The second kappa shape index (κ2) is 7.30. The van der Waals surface area contributed by atoms with Crippen LogP contribution in [0.3, 0.4) is 0 Å². The first-order chi connectivity index (χ1) is 12.8. The molecule has 0 radical (unpaired) electrons. The van der Waals surface area contributed by atoms with Crippen molar-refractivity contribution < 1.29 is 27.9 Å². The molecule has 0 spiro atoms. The molecule has 3 rings (SSSR count). The fourth-order valence-electron chi connectivity index (χ4n) is 3.15. The molecule has 1 saturated heterocycles. The zero-order valence-electron chi connectivity index (χ0n) is 14.2. The molecule has 2 amide bonds. The number of likely N-dealkylation sites (tertiary alicyclic amines) is 1. The summed E-state index contributed by atoms with van der Waals surface area (Å²) in [6.07, 6.45) is -3.72. The number of nitrogens with one attached hydrogen (secondary N) is 1. The highest BCUT2D eigenvalue weighted by Gasteiger charge is 2.35. The van der Waals surface area contributed by atoms with Crippen LogP contribution in [0.5, 0.6) is 0 Å². The van der Waals surface area contributed by atoms with E-state index in [1.54, 1.807) is 30.3 Å². The number of alkyl halides is 3. The van der Waals surface area contributed by atoms with Gasteiger partial charge in [-0.25, -0.2) is 9.59 Å². The Balaban J connectivity index is 1.96. The lowest BCUT2D eigenvalue weighted by atomic mass is 10.0. The molecule has 2 aromatic rings. The van der Waals surface area contributed by atoms with E-state index in [9.17, 15) is 27.9 Å². The summed E-state index contributed by atoms with van der Waals surface area (Å²) in [6.45, 7) is 0.239. The first-order valence-electron chi connectivity index (χ1n) is 8.34. The van der Waals surface area contributed by atoms with Gasteiger partial charge in [0.1, 0.15) is 6.04 Å². The summed E-state index contributed by atoms with van der Waals surface area (Å²) >= 11 is 0. The highest BCUT2D eigenvalue weighted by molar-refractivity contribution is 5.96. The van der Waals surface area contributed by atoms with Crippen LogP contribution in [0.15, 0.2) is 48.5 Å². The lowest BCUT2D eigenvalue weighted by Gasteiger charge is -2.23. The van der Waals surface area contributed by atoms with Gasteiger partial charge in [0.25, 0.3) is 0 Å². The smallest absolute Gasteiger partial charge is 0.416 e. The second-order valence-electron chi connectivity index (χ2n) is 6.24. The Morgan fingerprint density at radius 2 is 1.81 bits per heavy atom. The number of amides is 2. The van der Waals surface area contributed by atoms with Gasteiger partial charge < -0.3 is 15.3 Å². The molecule has 142 valence electrons. The van der Waals surface area contributed by atoms with Crippen molar-refractivity contribution in [1.29, 1.82) is 0 Å². The Morgan fingerprint density at radius 3 is 2.44 bits per heavy atom. The minimum Gasteiger partial charge on any atom is -0.480 e. The van der Waals surface area contributed by atoms with Gasteiger partial charge in [-0.3, -0.25) is 0 Å². The fourth-order valence-corrected chi connectivity index (χ4v) is 3.15. The molecular weight excluding hydrogens is 361 g/mol. The molecule has 0 unspecified atom stereocenters. The molecule has 0 saturated carbocycles. The molecule has 2 aromatic carbocycles. The maximum Gasteiger partial charge on any atom is 0.416 e. The third-order valence-electron chi connectivity index (χ3n) is 4.47. The first-order valence-corrected chi connectivity index (χ1v) is 8.34. The number of aliphatic carboxylic acids is 1. The average Bonchev–Trinajstić information content (AvgIpc) is 3.12. The number of hydrogen-bond acceptors (Lipinski definition) is 2. The van der Waals surface area contributed by atoms with Crippen molar-refractivity contribution in [3.63, 3.8) is 0 Å². The van der Waals surface area contributed by atoms with Gasteiger partial charge in [-0.05, 0) is 30.5 Å². The third kappa shape index (κ3) is 4.05. The molecule has 0 aromatic heterocycles. The molecule has 5 nitrogen and oxygen atoms in total. The predicted molar refractivity (Wildman–Crippen MR) is 93.3 cm³/mol. The van der Waals surface area contributed by atoms with E-state index in [0.717, 1.165) is 17.0 Å². The van der Waals surface area contributed by atoms with E-state index in [4.69, 9.17) is 0 Å². The van der Waals surface area contributed by atoms with Crippen molar-refractivity contribution >= 4 is 17.7 Å². The maximum atomic E-state index is 13.1. The van der Waals surface area contributed by atoms with Gasteiger partial charge in [0.05, 0.1) is 11.3 Å². The summed E-state index contributed by atoms with van der Waals surface area (Å²) in [4.78, 5) is 25.0. The van der Waals surface area contributed by atoms with Gasteiger partial charge in [0.2, 0.25) is 0 Å². The van der Waals surface area contributed by atoms with E-state index in [1.807, 2.05) is 0 Å². The van der Waals surface area contributed by atoms with Crippen LogP contribution in [0.1, 0.15) is 18.4 Å². The van der Waals surface area contributed by atoms with Crippen molar-refractivity contribution in [2.75, 3.05) is 11.9 Å². The van der Waals surface area contributed by atoms with Crippen molar-refractivity contribution in [2.45, 2.75) is 25.1 Å². The van der Waals surface area contributed by atoms with E-state index in [-0.39, 0.29) is 12.2 Å². The first kappa shape index (κ1) is 18.8. The normalized spacial score (nSPS) is 17.0. The number of rotatable bonds is 3. The molecule has 1 heterocycles. The summed E-state index contributed by atoms with van der Waals surface area (Å²) in [7, 11) is 0. The third-order valence-corrected chi connectivity index (χ3v) is 4.47. The van der Waals surface area contributed by atoms with Crippen LogP contribution in [0, 0.1) is 0 Å². The molecular formula is C19H17F3N2O3. The van der Waals surface area contributed by atoms with E-state index in [0.29, 0.717) is 24.0 Å². The lowest BCUT2D eigenvalue weighted by molar-refractivity contribution is -0.141. The number of benzene rings is 2. The van der Waals surface area contributed by atoms with Crippen LogP contribution >= 0.6 is 0 Å². The molecule has 1 atom stereocenters. The maximum absolute atomic E-state index is 13.1. The summed E-state index contributed by atoms with van der Waals surface area (Å²) in [5.74, 6) is -1.13. The standard InChI is InChI=1S/C19H17F3N2O3/c20-19(21,22)13-8-9-14(12-5-2-1-3-6-12)15(11-13)23-18(27)24-10-4-7-16(24)17(25)26/h1-3,5-6,8-9,11,16H,4,7,10H2,(H,23,27)(H,25,26)/t16-/m1/s1. The Labute approximate surface area is 153 Å². The number of carbonyl (C=O) groups is 2. The van der Waals surface area contributed by atoms with E-state index < -0.39 is 29.8 Å². The van der Waals surface area contributed by atoms with E-state index in [2.05, 4.69) is 5.32 Å². The van der Waals surface area contributed by atoms with Crippen molar-refractivity contribution in [2.24, 2.45) is 0 Å². The van der Waals surface area contributed by atoms with Crippen molar-refractivity contribution in [3.05, 3.63) is 54.1 Å². The summed E-state index contributed by atoms with van der Waals surface area (Å²) in [5.41, 5.74) is 0.145. The number of nitrogens with zero attached hydrogens (tertiary/aromatic N) is 1. The molecule has 1 aliphatic heterocycles. The number of urea groups is 1. The van der Waals surface area contributed by atoms with Gasteiger partial charge in [0, 0.05) is 12.1 Å². The topological polar surface area (TPSA) is 69.6 Å². The fraction of sp³-hybridized carbons (Fsp3) is 0.263. The largest absolute Gasteiger partial charge is 0.480 e. The van der Waals surface area contributed by atoms with Crippen LogP contribution in [0.4, 0.5) is 23.7 Å². The molecule has 2 N–H and O–H groups in total. The molecule has 0 aliphatic carbocycles. The van der Waals surface area contributed by atoms with Crippen LogP contribution in [0.2, 0.25) is 0 Å². The molecule has 1 fully saturated rings. The lowest BCUT2D eigenvalue weighted by Crippen LogP contribution is -2.42. The Bertz CT molecular complexity index is 853. The van der Waals surface area contributed by atoms with Crippen LogP contribution in [-0.4, -0.2) is 34.6 Å². The number of carbonyl (C=O) groups excluding carboxylic acids is 1. The monoisotopic (exact) mass is 378 g/mol. The van der Waals surface area contributed by atoms with Gasteiger partial charge >= 0.3 is 18.2 Å². The Hall–Kier alpha value is -3.03. The van der Waals surface area contributed by atoms with Crippen molar-refractivity contribution in [1.82, 2.24) is 4.90 Å². The number of carboxylic acid groups (broad SMARTS) is 1. The van der Waals surface area contributed by atoms with Gasteiger partial charge in [-0.2, -0.15) is 13.2 Å². The highest BCUT2D eigenvalue weighted by atomic mass is 19.4. The summed E-state index contributed by atoms with van der Waals surface area (Å²) < 4.78 is 39.3. The summed E-state index contributed by atoms with van der Waals surface area (Å²) in [6, 6.07) is 10.1. The minimum atomic E-state index is -4.56. The van der Waals surface area contributed by atoms with Gasteiger partial charge in [0.15, 0.2) is 0 Å². The predicted octanol–water partition coefficient (Wildman–Crippen LogP) is 4.45. The minimum absolute atomic E-state index is 0.0166. The van der Waals surface area contributed by atoms with E-state index in [1.165, 1.54) is 6.07 Å². The molecule has 8 heteroatoms. The van der Waals surface area contributed by atoms with Crippen LogP contribution in [0.25, 0.3) is 11.1 Å². The zero-order valence-corrected chi connectivity index (χ0v) is 14.2. The summed E-state index contributed by atoms with van der Waals surface area (Å²) in [5, 5.41) is 11.7. The SMILES string of the molecule is O=C(O)[C@H]1CCCN1C(=O)Nc1cc(C(F)(F)F)ccc1-c1ccccc1. The van der Waals surface area contributed by atoms with Crippen LogP contribution < -0.4 is 5.32 Å². The van der Waals surface area contributed by atoms with Crippen LogP contribution in [-0.2, 0) is 11.0 Å².